The van der Waals surface area contributed by atoms with Crippen LogP contribution in [0.2, 0.25) is 0 Å². The number of carbonyl (C=O) groups is 5. The zero-order valence-corrected chi connectivity index (χ0v) is 9.27. The lowest BCUT2D eigenvalue weighted by molar-refractivity contribution is -0.149. The summed E-state index contributed by atoms with van der Waals surface area (Å²) in [7, 11) is 0. The van der Waals surface area contributed by atoms with Gasteiger partial charge in [0.05, 0.1) is 6.54 Å². The lowest BCUT2D eigenvalue weighted by Gasteiger charge is -2.01. The first-order valence-electron chi connectivity index (χ1n) is 4.57. The topological polar surface area (TPSA) is 130 Å². The van der Waals surface area contributed by atoms with Crippen LogP contribution in [-0.4, -0.2) is 41.1 Å². The minimum atomic E-state index is -1.47. The van der Waals surface area contributed by atoms with Gasteiger partial charge in [0.1, 0.15) is 0 Å². The molecule has 0 aromatic heterocycles. The van der Waals surface area contributed by atoms with Gasteiger partial charge >= 0.3 is 12.0 Å². The zero-order valence-electron chi connectivity index (χ0n) is 9.27. The van der Waals surface area contributed by atoms with Crippen LogP contribution in [0.25, 0.3) is 0 Å². The van der Waals surface area contributed by atoms with Gasteiger partial charge in [0.25, 0.3) is 0 Å². The number of nitrogens with one attached hydrogen (secondary N) is 2. The summed E-state index contributed by atoms with van der Waals surface area (Å²) in [6.45, 7) is 2.29. The number of rotatable bonds is 3. The summed E-state index contributed by atoms with van der Waals surface area (Å²) in [6, 6.07) is -0.398. The monoisotopic (exact) mass is 244 g/mol. The van der Waals surface area contributed by atoms with Crippen LogP contribution in [0.3, 0.4) is 0 Å². The number of amides is 3. The van der Waals surface area contributed by atoms with E-state index in [1.165, 1.54) is 0 Å². The number of aliphatic carboxylic acids is 1. The molecule has 0 atom stereocenters. The molecule has 0 unspecified atom stereocenters. The number of hydrogen-bond acceptors (Lipinski definition) is 5. The van der Waals surface area contributed by atoms with Gasteiger partial charge in [-0.25, -0.2) is 4.79 Å². The van der Waals surface area contributed by atoms with E-state index >= 15 is 0 Å². The van der Waals surface area contributed by atoms with Gasteiger partial charge in [0, 0.05) is 0 Å². The van der Waals surface area contributed by atoms with Crippen molar-refractivity contribution in [3.63, 3.8) is 0 Å². The second kappa shape index (κ2) is 6.36. The fraction of sp³-hybridized carbons (Fsp3) is 0.444. The number of Topliss-reactive ketones (excluding diaryl/α,β-unsaturated/α-hetero) is 2. The Labute approximate surface area is 96.4 Å². The first-order chi connectivity index (χ1) is 7.75. The summed E-state index contributed by atoms with van der Waals surface area (Å²) >= 11 is 0. The van der Waals surface area contributed by atoms with Crippen LogP contribution in [-0.2, 0) is 19.2 Å². The molecule has 1 heterocycles. The van der Waals surface area contributed by atoms with Crippen LogP contribution in [0, 0.1) is 5.92 Å². The lowest BCUT2D eigenvalue weighted by atomic mass is 10.0. The minimum Gasteiger partial charge on any atom is -0.480 e. The number of carboxylic acids is 1. The van der Waals surface area contributed by atoms with Crippen LogP contribution in [0.4, 0.5) is 4.79 Å². The van der Waals surface area contributed by atoms with Crippen LogP contribution < -0.4 is 10.6 Å². The van der Waals surface area contributed by atoms with Gasteiger partial charge in [0.15, 0.2) is 17.5 Å². The molecule has 0 bridgehead atoms. The fourth-order valence-corrected chi connectivity index (χ4v) is 1.01. The average molecular weight is 244 g/mol. The second-order valence-electron chi connectivity index (χ2n) is 3.22. The van der Waals surface area contributed by atoms with Gasteiger partial charge in [-0.2, -0.15) is 0 Å². The van der Waals surface area contributed by atoms with Gasteiger partial charge in [-0.05, 0) is 13.8 Å². The Morgan fingerprint density at radius 2 is 1.65 bits per heavy atom. The van der Waals surface area contributed by atoms with E-state index < -0.39 is 29.5 Å². The molecule has 8 heteroatoms. The Morgan fingerprint density at radius 1 is 1.18 bits per heavy atom. The number of ketones is 2. The number of hydrogen-bond donors (Lipinski definition) is 3. The highest BCUT2D eigenvalue weighted by Gasteiger charge is 2.26. The maximum absolute atomic E-state index is 10.4. The Balaban J connectivity index is 0.000000318. The first-order valence-corrected chi connectivity index (χ1v) is 4.57. The molecule has 0 aromatic carbocycles. The van der Waals surface area contributed by atoms with Gasteiger partial charge in [0.2, 0.25) is 5.91 Å². The van der Waals surface area contributed by atoms with Crippen LogP contribution in [0.1, 0.15) is 13.8 Å². The average Bonchev–Trinajstić information content (AvgIpc) is 2.48. The molecule has 1 fully saturated rings. The molecule has 1 aliphatic rings. The highest BCUT2D eigenvalue weighted by molar-refractivity contribution is 6.15. The highest BCUT2D eigenvalue weighted by Crippen LogP contribution is 1.99. The summed E-state index contributed by atoms with van der Waals surface area (Å²) in [5.41, 5.74) is 0. The van der Waals surface area contributed by atoms with E-state index in [1.807, 2.05) is 5.32 Å². The standard InChI is InChI=1S/C6H8O4.C3H4N2O2/c1-3(7)5(4(2)8)6(9)10;6-2-1-4-3(7)5-2/h5H,1-2H3,(H,9,10);1H2,(H2,4,5,6,7). The van der Waals surface area contributed by atoms with E-state index in [0.29, 0.717) is 0 Å². The number of urea groups is 1. The normalized spacial score (nSPS) is 13.4. The molecule has 8 nitrogen and oxygen atoms in total. The Morgan fingerprint density at radius 3 is 1.71 bits per heavy atom. The molecular formula is C9H12N2O6. The van der Waals surface area contributed by atoms with Crippen molar-refractivity contribution >= 4 is 29.5 Å². The van der Waals surface area contributed by atoms with Gasteiger partial charge < -0.3 is 10.4 Å². The SMILES string of the molecule is CC(=O)C(C(C)=O)C(=O)O.O=C1CNC(=O)N1. The molecular weight excluding hydrogens is 232 g/mol. The van der Waals surface area contributed by atoms with E-state index in [1.54, 1.807) is 0 Å². The molecule has 3 amide bonds. The van der Waals surface area contributed by atoms with Crippen LogP contribution in [0.5, 0.6) is 0 Å². The quantitative estimate of drug-likeness (QED) is 0.417. The Bertz CT molecular complexity index is 328. The molecule has 1 rings (SSSR count). The molecule has 17 heavy (non-hydrogen) atoms. The number of carbonyl (C=O) groups excluding carboxylic acids is 4. The summed E-state index contributed by atoms with van der Waals surface area (Å²) in [6.07, 6.45) is 0. The summed E-state index contributed by atoms with van der Waals surface area (Å²) in [5.74, 6) is -4.36. The van der Waals surface area contributed by atoms with Gasteiger partial charge in [-0.3, -0.25) is 24.5 Å². The third-order valence-electron chi connectivity index (χ3n) is 1.72. The molecule has 1 aliphatic heterocycles. The zero-order chi connectivity index (χ0) is 13.6. The largest absolute Gasteiger partial charge is 0.480 e. The van der Waals surface area contributed by atoms with E-state index in [-0.39, 0.29) is 12.5 Å². The van der Waals surface area contributed by atoms with Crippen LogP contribution in [0.15, 0.2) is 0 Å². The Kier molecular flexibility index (Phi) is 5.52. The highest BCUT2D eigenvalue weighted by atomic mass is 16.4. The van der Waals surface area contributed by atoms with Gasteiger partial charge in [-0.1, -0.05) is 0 Å². The van der Waals surface area contributed by atoms with Crippen molar-refractivity contribution in [2.24, 2.45) is 5.92 Å². The maximum atomic E-state index is 10.4. The molecule has 0 aromatic rings. The van der Waals surface area contributed by atoms with Crippen molar-refractivity contribution in [3.8, 4) is 0 Å². The number of carboxylic acid groups (broad SMARTS) is 1. The third-order valence-corrected chi connectivity index (χ3v) is 1.72. The number of imide groups is 1. The predicted octanol–water partition coefficient (Wildman–Crippen LogP) is -1.31. The smallest absolute Gasteiger partial charge is 0.321 e. The molecule has 3 N–H and O–H groups in total. The van der Waals surface area contributed by atoms with E-state index in [0.717, 1.165) is 13.8 Å². The van der Waals surface area contributed by atoms with Crippen molar-refractivity contribution in [3.05, 3.63) is 0 Å². The summed E-state index contributed by atoms with van der Waals surface area (Å²) < 4.78 is 0. The van der Waals surface area contributed by atoms with E-state index in [4.69, 9.17) is 5.11 Å². The van der Waals surface area contributed by atoms with E-state index in [2.05, 4.69) is 5.32 Å². The molecule has 94 valence electrons. The molecule has 0 radical (unpaired) electrons. The third kappa shape index (κ3) is 5.40. The summed E-state index contributed by atoms with van der Waals surface area (Å²) in [5, 5.41) is 12.6. The molecule has 0 aliphatic carbocycles. The fourth-order valence-electron chi connectivity index (χ4n) is 1.01. The predicted molar refractivity (Wildman–Crippen MR) is 54.0 cm³/mol. The lowest BCUT2D eigenvalue weighted by Crippen LogP contribution is -2.27. The Hall–Kier alpha value is -2.25. The maximum Gasteiger partial charge on any atom is 0.321 e. The molecule has 0 saturated carbocycles. The van der Waals surface area contributed by atoms with Crippen molar-refractivity contribution in [2.45, 2.75) is 13.8 Å². The van der Waals surface area contributed by atoms with Crippen molar-refractivity contribution < 1.29 is 29.1 Å². The van der Waals surface area contributed by atoms with Crippen molar-refractivity contribution in [1.29, 1.82) is 0 Å². The van der Waals surface area contributed by atoms with Crippen molar-refractivity contribution in [1.82, 2.24) is 10.6 Å². The van der Waals surface area contributed by atoms with Gasteiger partial charge in [-0.15, -0.1) is 0 Å². The molecule has 1 saturated heterocycles. The first kappa shape index (κ1) is 14.8. The molecule has 0 spiro atoms. The minimum absolute atomic E-state index is 0.124. The second-order valence-corrected chi connectivity index (χ2v) is 3.22. The van der Waals surface area contributed by atoms with Crippen LogP contribution >= 0.6 is 0 Å². The summed E-state index contributed by atoms with van der Waals surface area (Å²) in [4.78, 5) is 51.1. The van der Waals surface area contributed by atoms with Crippen molar-refractivity contribution in [2.75, 3.05) is 6.54 Å². The van der Waals surface area contributed by atoms with E-state index in [9.17, 15) is 24.0 Å².